The van der Waals surface area contributed by atoms with Crippen LogP contribution in [0.4, 0.5) is 5.69 Å². The minimum atomic E-state index is -0.940. The van der Waals surface area contributed by atoms with Gasteiger partial charge in [0.1, 0.15) is 0 Å². The predicted molar refractivity (Wildman–Crippen MR) is 65.5 cm³/mol. The fourth-order valence-electron chi connectivity index (χ4n) is 1.42. The van der Waals surface area contributed by atoms with E-state index in [1.165, 1.54) is 0 Å². The third-order valence-corrected chi connectivity index (χ3v) is 2.43. The van der Waals surface area contributed by atoms with Crippen LogP contribution in [0, 0.1) is 10.1 Å². The molecule has 0 saturated heterocycles. The maximum atomic E-state index is 11.9. The average Bonchev–Trinajstić information content (AvgIpc) is 2.33. The highest BCUT2D eigenvalue weighted by Gasteiger charge is 2.19. The summed E-state index contributed by atoms with van der Waals surface area (Å²) in [6.07, 6.45) is 0.951. The first-order chi connectivity index (χ1) is 8.42. The Kier molecular flexibility index (Phi) is 4.16. The van der Waals surface area contributed by atoms with Gasteiger partial charge in [-0.15, -0.1) is 0 Å². The molecule has 0 aliphatic rings. The Hall–Kier alpha value is -2.22. The molecule has 0 amide bonds. The van der Waals surface area contributed by atoms with E-state index >= 15 is 0 Å². The van der Waals surface area contributed by atoms with Gasteiger partial charge >= 0.3 is 16.9 Å². The summed E-state index contributed by atoms with van der Waals surface area (Å²) < 4.78 is 1.88. The van der Waals surface area contributed by atoms with E-state index in [4.69, 9.17) is 5.73 Å². The van der Waals surface area contributed by atoms with Crippen LogP contribution in [0.1, 0.15) is 6.92 Å². The molecule has 8 heteroatoms. The Balaban J connectivity index is 3.52. The van der Waals surface area contributed by atoms with E-state index in [1.807, 2.05) is 0 Å². The highest BCUT2D eigenvalue weighted by molar-refractivity contribution is 5.22. The van der Waals surface area contributed by atoms with E-state index in [1.54, 1.807) is 6.92 Å². The highest BCUT2D eigenvalue weighted by atomic mass is 16.6. The zero-order chi connectivity index (χ0) is 13.9. The van der Waals surface area contributed by atoms with Crippen molar-refractivity contribution in [2.75, 3.05) is 6.54 Å². The second-order valence-corrected chi connectivity index (χ2v) is 3.69. The van der Waals surface area contributed by atoms with E-state index in [9.17, 15) is 19.7 Å². The van der Waals surface area contributed by atoms with Crippen LogP contribution in [0.15, 0.2) is 27.9 Å². The lowest BCUT2D eigenvalue weighted by Gasteiger charge is -2.09. The molecule has 0 spiro atoms. The Morgan fingerprint density at radius 2 is 2.17 bits per heavy atom. The van der Waals surface area contributed by atoms with E-state index in [-0.39, 0.29) is 19.6 Å². The Morgan fingerprint density at radius 1 is 1.56 bits per heavy atom. The summed E-state index contributed by atoms with van der Waals surface area (Å²) >= 11 is 0. The quantitative estimate of drug-likeness (QED) is 0.430. The summed E-state index contributed by atoms with van der Waals surface area (Å²) in [7, 11) is 0. The number of nitrogens with zero attached hydrogens (tertiary/aromatic N) is 3. The van der Waals surface area contributed by atoms with Gasteiger partial charge in [-0.2, -0.15) is 0 Å². The van der Waals surface area contributed by atoms with Crippen LogP contribution in [0.25, 0.3) is 0 Å². The number of nitrogens with two attached hydrogens (primary N) is 1. The summed E-state index contributed by atoms with van der Waals surface area (Å²) in [5.74, 6) is 0. The predicted octanol–water partition coefficient (Wildman–Crippen LogP) is -0.547. The van der Waals surface area contributed by atoms with E-state index in [0.717, 1.165) is 15.3 Å². The topological polar surface area (TPSA) is 113 Å². The molecule has 1 aromatic rings. The van der Waals surface area contributed by atoms with Gasteiger partial charge in [0, 0.05) is 13.1 Å². The first-order valence-corrected chi connectivity index (χ1v) is 5.27. The molecule has 0 bridgehead atoms. The zero-order valence-corrected chi connectivity index (χ0v) is 9.96. The van der Waals surface area contributed by atoms with E-state index in [2.05, 4.69) is 6.58 Å². The Morgan fingerprint density at radius 3 is 2.61 bits per heavy atom. The first kappa shape index (κ1) is 13.8. The molecular weight excluding hydrogens is 240 g/mol. The van der Waals surface area contributed by atoms with E-state index < -0.39 is 21.9 Å². The SMILES string of the molecule is C=C(CN)Cn1c(=O)c([N+](=O)[O-])cn(CC)c1=O. The van der Waals surface area contributed by atoms with Crippen LogP contribution in [0.5, 0.6) is 0 Å². The minimum Gasteiger partial charge on any atom is -0.327 e. The minimum absolute atomic E-state index is 0.0979. The molecule has 8 nitrogen and oxygen atoms in total. The zero-order valence-electron chi connectivity index (χ0n) is 9.96. The van der Waals surface area contributed by atoms with Crippen LogP contribution in [0.2, 0.25) is 0 Å². The lowest BCUT2D eigenvalue weighted by Crippen LogP contribution is -2.41. The fraction of sp³-hybridized carbons (Fsp3) is 0.400. The smallest absolute Gasteiger partial charge is 0.327 e. The van der Waals surface area contributed by atoms with Crippen molar-refractivity contribution in [2.24, 2.45) is 5.73 Å². The van der Waals surface area contributed by atoms with Crippen molar-refractivity contribution in [3.8, 4) is 0 Å². The lowest BCUT2D eigenvalue weighted by atomic mass is 10.3. The lowest BCUT2D eigenvalue weighted by molar-refractivity contribution is -0.387. The molecule has 0 unspecified atom stereocenters. The summed E-state index contributed by atoms with van der Waals surface area (Å²) in [6.45, 7) is 5.44. The maximum Gasteiger partial charge on any atom is 0.350 e. The third-order valence-electron chi connectivity index (χ3n) is 2.43. The number of rotatable bonds is 5. The van der Waals surface area contributed by atoms with Crippen LogP contribution in [0.3, 0.4) is 0 Å². The highest BCUT2D eigenvalue weighted by Crippen LogP contribution is 2.01. The molecule has 0 atom stereocenters. The van der Waals surface area contributed by atoms with Crippen molar-refractivity contribution in [1.29, 1.82) is 0 Å². The maximum absolute atomic E-state index is 11.9. The van der Waals surface area contributed by atoms with Crippen molar-refractivity contribution in [3.63, 3.8) is 0 Å². The van der Waals surface area contributed by atoms with Gasteiger partial charge in [0.05, 0.1) is 17.7 Å². The summed E-state index contributed by atoms with van der Waals surface area (Å²) in [5, 5.41) is 10.7. The number of aryl methyl sites for hydroxylation is 1. The molecule has 2 N–H and O–H groups in total. The Bertz CT molecular complexity index is 599. The van der Waals surface area contributed by atoms with Gasteiger partial charge in [0.2, 0.25) is 0 Å². The van der Waals surface area contributed by atoms with Gasteiger partial charge in [-0.25, -0.2) is 4.79 Å². The standard InChI is InChI=1S/C10H14N4O4/c1-3-12-6-8(14(17)18)9(15)13(10(12)16)5-7(2)4-11/h6H,2-5,11H2,1H3. The second-order valence-electron chi connectivity index (χ2n) is 3.69. The monoisotopic (exact) mass is 254 g/mol. The molecule has 0 aromatic carbocycles. The number of hydrogen-bond donors (Lipinski definition) is 1. The van der Waals surface area contributed by atoms with Crippen LogP contribution >= 0.6 is 0 Å². The number of hydrogen-bond acceptors (Lipinski definition) is 5. The normalized spacial score (nSPS) is 10.3. The molecule has 0 fully saturated rings. The van der Waals surface area contributed by atoms with E-state index in [0.29, 0.717) is 5.57 Å². The molecule has 0 aliphatic heterocycles. The van der Waals surface area contributed by atoms with Crippen molar-refractivity contribution in [2.45, 2.75) is 20.0 Å². The van der Waals surface area contributed by atoms with Crippen molar-refractivity contribution in [3.05, 3.63) is 49.3 Å². The fourth-order valence-corrected chi connectivity index (χ4v) is 1.42. The van der Waals surface area contributed by atoms with Crippen molar-refractivity contribution < 1.29 is 4.92 Å². The number of nitro groups is 1. The van der Waals surface area contributed by atoms with Gasteiger partial charge in [0.25, 0.3) is 0 Å². The summed E-state index contributed by atoms with van der Waals surface area (Å²) in [6, 6.07) is 0. The Labute approximate surface area is 102 Å². The van der Waals surface area contributed by atoms with Gasteiger partial charge in [-0.3, -0.25) is 24.0 Å². The molecule has 1 heterocycles. The van der Waals surface area contributed by atoms with Crippen LogP contribution in [-0.4, -0.2) is 20.6 Å². The molecule has 98 valence electrons. The molecule has 0 saturated carbocycles. The number of aromatic nitrogens is 2. The van der Waals surface area contributed by atoms with Crippen molar-refractivity contribution in [1.82, 2.24) is 9.13 Å². The van der Waals surface area contributed by atoms with Gasteiger partial charge in [0.15, 0.2) is 0 Å². The van der Waals surface area contributed by atoms with Gasteiger partial charge in [-0.1, -0.05) is 6.58 Å². The summed E-state index contributed by atoms with van der Waals surface area (Å²) in [5.41, 5.74) is 3.59. The molecule has 0 radical (unpaired) electrons. The molecule has 18 heavy (non-hydrogen) atoms. The van der Waals surface area contributed by atoms with Crippen LogP contribution in [-0.2, 0) is 13.1 Å². The van der Waals surface area contributed by atoms with Gasteiger partial charge in [-0.05, 0) is 12.5 Å². The molecular formula is C10H14N4O4. The first-order valence-electron chi connectivity index (χ1n) is 5.27. The molecule has 1 rings (SSSR count). The molecule has 0 aliphatic carbocycles. The second kappa shape index (κ2) is 5.41. The summed E-state index contributed by atoms with van der Waals surface area (Å²) in [4.78, 5) is 33.6. The van der Waals surface area contributed by atoms with Gasteiger partial charge < -0.3 is 5.73 Å². The molecule has 1 aromatic heterocycles. The third kappa shape index (κ3) is 2.54. The average molecular weight is 254 g/mol. The largest absolute Gasteiger partial charge is 0.350 e. The van der Waals surface area contributed by atoms with Crippen LogP contribution < -0.4 is 17.0 Å². The van der Waals surface area contributed by atoms with Crippen molar-refractivity contribution >= 4 is 5.69 Å².